The number of rotatable bonds is 3. The van der Waals surface area contributed by atoms with Crippen molar-refractivity contribution in [3.8, 4) is 0 Å². The van der Waals surface area contributed by atoms with Crippen LogP contribution in [0, 0.1) is 5.92 Å². The number of hydrogen-bond acceptors (Lipinski definition) is 2. The Bertz CT molecular complexity index is 123. The minimum atomic E-state index is -0.138. The van der Waals surface area contributed by atoms with Gasteiger partial charge in [0.15, 0.2) is 0 Å². The van der Waals surface area contributed by atoms with E-state index in [4.69, 9.17) is 4.74 Å². The maximum atomic E-state index is 9.57. The third kappa shape index (κ3) is 2.76. The van der Waals surface area contributed by atoms with Crippen LogP contribution in [0.2, 0.25) is 0 Å². The molecule has 2 heteroatoms. The van der Waals surface area contributed by atoms with Crippen molar-refractivity contribution >= 4 is 0 Å². The quantitative estimate of drug-likeness (QED) is 0.705. The van der Waals surface area contributed by atoms with E-state index >= 15 is 0 Å². The zero-order valence-corrected chi connectivity index (χ0v) is 8.12. The highest BCUT2D eigenvalue weighted by Crippen LogP contribution is 2.26. The highest BCUT2D eigenvalue weighted by molar-refractivity contribution is 4.77. The van der Waals surface area contributed by atoms with E-state index in [2.05, 4.69) is 13.8 Å². The first-order valence-electron chi connectivity index (χ1n) is 5.03. The summed E-state index contributed by atoms with van der Waals surface area (Å²) in [5.74, 6) is 0.464. The standard InChI is InChI=1S/C10H20O2/c1-3-6-12-9-5-4-8(2)10(11)7-9/h8-11H,3-7H2,1-2H3/t8-,9-,10-/m0/s1. The molecule has 2 nitrogen and oxygen atoms in total. The molecule has 1 rings (SSSR count). The van der Waals surface area contributed by atoms with E-state index < -0.39 is 0 Å². The second kappa shape index (κ2) is 4.83. The van der Waals surface area contributed by atoms with E-state index in [1.54, 1.807) is 0 Å². The fraction of sp³-hybridized carbons (Fsp3) is 1.00. The third-order valence-electron chi connectivity index (χ3n) is 2.66. The van der Waals surface area contributed by atoms with Gasteiger partial charge in [-0.1, -0.05) is 13.8 Å². The third-order valence-corrected chi connectivity index (χ3v) is 2.66. The molecule has 1 fully saturated rings. The summed E-state index contributed by atoms with van der Waals surface area (Å²) in [6.07, 6.45) is 4.31. The average molecular weight is 172 g/mol. The van der Waals surface area contributed by atoms with Crippen molar-refractivity contribution in [3.05, 3.63) is 0 Å². The molecule has 1 N–H and O–H groups in total. The lowest BCUT2D eigenvalue weighted by Crippen LogP contribution is -2.32. The van der Waals surface area contributed by atoms with Crippen LogP contribution in [0.3, 0.4) is 0 Å². The van der Waals surface area contributed by atoms with E-state index in [-0.39, 0.29) is 6.10 Å². The molecule has 0 aliphatic heterocycles. The lowest BCUT2D eigenvalue weighted by molar-refractivity contribution is -0.0349. The smallest absolute Gasteiger partial charge is 0.0600 e. The maximum Gasteiger partial charge on any atom is 0.0600 e. The first-order valence-corrected chi connectivity index (χ1v) is 5.03. The maximum absolute atomic E-state index is 9.57. The monoisotopic (exact) mass is 172 g/mol. The van der Waals surface area contributed by atoms with E-state index in [0.717, 1.165) is 32.3 Å². The van der Waals surface area contributed by atoms with Crippen LogP contribution < -0.4 is 0 Å². The SMILES string of the molecule is CCCO[C@H]1CC[C@H](C)[C@@H](O)C1. The zero-order valence-electron chi connectivity index (χ0n) is 8.12. The molecule has 1 aliphatic carbocycles. The van der Waals surface area contributed by atoms with E-state index in [1.165, 1.54) is 0 Å². The first kappa shape index (κ1) is 10.0. The van der Waals surface area contributed by atoms with Crippen molar-refractivity contribution in [3.63, 3.8) is 0 Å². The Balaban J connectivity index is 2.21. The molecule has 3 atom stereocenters. The van der Waals surface area contributed by atoms with Gasteiger partial charge in [-0.15, -0.1) is 0 Å². The Morgan fingerprint density at radius 3 is 2.75 bits per heavy atom. The highest BCUT2D eigenvalue weighted by Gasteiger charge is 2.25. The van der Waals surface area contributed by atoms with Crippen molar-refractivity contribution in [2.24, 2.45) is 5.92 Å². The summed E-state index contributed by atoms with van der Waals surface area (Å²) in [6, 6.07) is 0. The van der Waals surface area contributed by atoms with Crippen molar-refractivity contribution in [2.45, 2.75) is 51.7 Å². The van der Waals surface area contributed by atoms with Gasteiger partial charge >= 0.3 is 0 Å². The molecule has 0 bridgehead atoms. The minimum Gasteiger partial charge on any atom is -0.393 e. The second-order valence-electron chi connectivity index (χ2n) is 3.85. The van der Waals surface area contributed by atoms with Gasteiger partial charge in [-0.25, -0.2) is 0 Å². The fourth-order valence-corrected chi connectivity index (χ4v) is 1.70. The van der Waals surface area contributed by atoms with Gasteiger partial charge in [0.05, 0.1) is 12.2 Å². The van der Waals surface area contributed by atoms with Gasteiger partial charge in [0, 0.05) is 6.61 Å². The van der Waals surface area contributed by atoms with Gasteiger partial charge in [-0.05, 0) is 31.6 Å². The normalized spacial score (nSPS) is 36.8. The molecule has 0 saturated heterocycles. The molecule has 72 valence electrons. The van der Waals surface area contributed by atoms with E-state index in [9.17, 15) is 5.11 Å². The lowest BCUT2D eigenvalue weighted by Gasteiger charge is -2.30. The van der Waals surface area contributed by atoms with Crippen LogP contribution in [0.4, 0.5) is 0 Å². The van der Waals surface area contributed by atoms with Crippen LogP contribution in [0.25, 0.3) is 0 Å². The summed E-state index contributed by atoms with van der Waals surface area (Å²) in [4.78, 5) is 0. The number of aliphatic hydroxyl groups is 1. The molecule has 0 aromatic rings. The Hall–Kier alpha value is -0.0800. The fourth-order valence-electron chi connectivity index (χ4n) is 1.70. The van der Waals surface area contributed by atoms with Crippen molar-refractivity contribution in [2.75, 3.05) is 6.61 Å². The van der Waals surface area contributed by atoms with Gasteiger partial charge in [0.2, 0.25) is 0 Å². The van der Waals surface area contributed by atoms with E-state index in [1.807, 2.05) is 0 Å². The molecule has 0 aromatic heterocycles. The summed E-state index contributed by atoms with van der Waals surface area (Å²) >= 11 is 0. The largest absolute Gasteiger partial charge is 0.393 e. The molecule has 0 amide bonds. The molecule has 0 aromatic carbocycles. The molecule has 12 heavy (non-hydrogen) atoms. The van der Waals surface area contributed by atoms with Crippen LogP contribution in [0.15, 0.2) is 0 Å². The summed E-state index contributed by atoms with van der Waals surface area (Å²) in [5, 5.41) is 9.57. The van der Waals surface area contributed by atoms with Gasteiger partial charge in [0.25, 0.3) is 0 Å². The summed E-state index contributed by atoms with van der Waals surface area (Å²) in [6.45, 7) is 5.06. The molecule has 0 heterocycles. The molecular formula is C10H20O2. The van der Waals surface area contributed by atoms with Crippen molar-refractivity contribution in [1.29, 1.82) is 0 Å². The summed E-state index contributed by atoms with van der Waals surface area (Å²) in [7, 11) is 0. The van der Waals surface area contributed by atoms with Crippen LogP contribution in [-0.4, -0.2) is 23.9 Å². The molecular weight excluding hydrogens is 152 g/mol. The van der Waals surface area contributed by atoms with Gasteiger partial charge in [-0.2, -0.15) is 0 Å². The van der Waals surface area contributed by atoms with Crippen LogP contribution in [-0.2, 0) is 4.74 Å². The van der Waals surface area contributed by atoms with Crippen LogP contribution in [0.5, 0.6) is 0 Å². The van der Waals surface area contributed by atoms with Gasteiger partial charge in [-0.3, -0.25) is 0 Å². The van der Waals surface area contributed by atoms with Crippen LogP contribution >= 0.6 is 0 Å². The average Bonchev–Trinajstić information content (AvgIpc) is 2.07. The predicted octanol–water partition coefficient (Wildman–Crippen LogP) is 1.96. The molecule has 1 aliphatic rings. The highest BCUT2D eigenvalue weighted by atomic mass is 16.5. The number of ether oxygens (including phenoxy) is 1. The zero-order chi connectivity index (χ0) is 8.97. The molecule has 1 saturated carbocycles. The predicted molar refractivity (Wildman–Crippen MR) is 49.1 cm³/mol. The summed E-state index contributed by atoms with van der Waals surface area (Å²) in [5.41, 5.74) is 0. The van der Waals surface area contributed by atoms with Crippen LogP contribution in [0.1, 0.15) is 39.5 Å². The Labute approximate surface area is 74.9 Å². The van der Waals surface area contributed by atoms with Gasteiger partial charge in [0.1, 0.15) is 0 Å². The Morgan fingerprint density at radius 1 is 1.42 bits per heavy atom. The number of aliphatic hydroxyl groups excluding tert-OH is 1. The molecule has 0 radical (unpaired) electrons. The second-order valence-corrected chi connectivity index (χ2v) is 3.85. The van der Waals surface area contributed by atoms with Gasteiger partial charge < -0.3 is 9.84 Å². The topological polar surface area (TPSA) is 29.5 Å². The molecule has 0 spiro atoms. The minimum absolute atomic E-state index is 0.138. The Kier molecular flexibility index (Phi) is 4.02. The van der Waals surface area contributed by atoms with Crippen molar-refractivity contribution < 1.29 is 9.84 Å². The number of hydrogen-bond donors (Lipinski definition) is 1. The van der Waals surface area contributed by atoms with Crippen molar-refractivity contribution in [1.82, 2.24) is 0 Å². The first-order chi connectivity index (χ1) is 5.74. The summed E-state index contributed by atoms with van der Waals surface area (Å²) < 4.78 is 5.59. The van der Waals surface area contributed by atoms with E-state index in [0.29, 0.717) is 12.0 Å². The molecule has 0 unspecified atom stereocenters. The Morgan fingerprint density at radius 2 is 2.17 bits per heavy atom. The lowest BCUT2D eigenvalue weighted by atomic mass is 9.86.